The van der Waals surface area contributed by atoms with Crippen LogP contribution in [0.5, 0.6) is 5.75 Å². The average Bonchev–Trinajstić information content (AvgIpc) is 2.24. The second-order valence-corrected chi connectivity index (χ2v) is 3.68. The number of methoxy groups -OCH3 is 1. The van der Waals surface area contributed by atoms with Gasteiger partial charge in [-0.2, -0.15) is 0 Å². The van der Waals surface area contributed by atoms with Crippen LogP contribution < -0.4 is 10.5 Å². The van der Waals surface area contributed by atoms with Crippen molar-refractivity contribution in [3.63, 3.8) is 0 Å². The number of ether oxygens (including phenoxy) is 1. The normalized spacial score (nSPS) is 10.3. The predicted octanol–water partition coefficient (Wildman–Crippen LogP) is 1.98. The van der Waals surface area contributed by atoms with E-state index in [-0.39, 0.29) is 24.5 Å². The van der Waals surface area contributed by atoms with Crippen LogP contribution in [-0.2, 0) is 0 Å². The van der Waals surface area contributed by atoms with Crippen molar-refractivity contribution >= 4 is 5.78 Å². The molecule has 0 saturated carbocycles. The minimum atomic E-state index is -0.413. The van der Waals surface area contributed by atoms with Crippen molar-refractivity contribution in [1.29, 1.82) is 0 Å². The third kappa shape index (κ3) is 2.22. The third-order valence-electron chi connectivity index (χ3n) is 2.53. The van der Waals surface area contributed by atoms with Gasteiger partial charge in [0.25, 0.3) is 0 Å². The molecule has 0 spiro atoms. The van der Waals surface area contributed by atoms with E-state index >= 15 is 0 Å². The third-order valence-corrected chi connectivity index (χ3v) is 2.53. The fourth-order valence-corrected chi connectivity index (χ4v) is 1.65. The molecule has 0 aliphatic rings. The first-order valence-corrected chi connectivity index (χ1v) is 5.09. The predicted molar refractivity (Wildman–Crippen MR) is 60.4 cm³/mol. The molecule has 16 heavy (non-hydrogen) atoms. The van der Waals surface area contributed by atoms with Crippen LogP contribution >= 0.6 is 0 Å². The maximum absolute atomic E-state index is 13.6. The molecule has 0 aliphatic carbocycles. The van der Waals surface area contributed by atoms with E-state index in [9.17, 15) is 9.18 Å². The van der Waals surface area contributed by atoms with Gasteiger partial charge in [-0.3, -0.25) is 4.79 Å². The lowest BCUT2D eigenvalue weighted by molar-refractivity contribution is 0.0984. The molecule has 0 bridgehead atoms. The number of ketones is 1. The summed E-state index contributed by atoms with van der Waals surface area (Å²) in [5, 5.41) is 0. The molecule has 1 aromatic carbocycles. The number of halogens is 1. The van der Waals surface area contributed by atoms with Crippen LogP contribution in [0.3, 0.4) is 0 Å². The van der Waals surface area contributed by atoms with Crippen molar-refractivity contribution in [2.24, 2.45) is 5.73 Å². The molecule has 0 aliphatic heterocycles. The summed E-state index contributed by atoms with van der Waals surface area (Å²) in [7, 11) is 1.39. The maximum Gasteiger partial charge on any atom is 0.168 e. The van der Waals surface area contributed by atoms with E-state index in [2.05, 4.69) is 0 Å². The Morgan fingerprint density at radius 2 is 2.12 bits per heavy atom. The average molecular weight is 225 g/mol. The van der Waals surface area contributed by atoms with E-state index in [0.717, 1.165) is 0 Å². The Morgan fingerprint density at radius 3 is 2.62 bits per heavy atom. The lowest BCUT2D eigenvalue weighted by Crippen LogP contribution is -2.11. The number of nitrogens with two attached hydrogens (primary N) is 1. The van der Waals surface area contributed by atoms with Crippen LogP contribution in [0, 0.1) is 19.7 Å². The molecule has 0 heterocycles. The van der Waals surface area contributed by atoms with Crippen molar-refractivity contribution in [2.75, 3.05) is 13.7 Å². The zero-order valence-electron chi connectivity index (χ0n) is 9.76. The molecule has 0 unspecified atom stereocenters. The molecule has 1 aromatic rings. The fraction of sp³-hybridized carbons (Fsp3) is 0.417. The van der Waals surface area contributed by atoms with E-state index < -0.39 is 5.82 Å². The highest BCUT2D eigenvalue weighted by atomic mass is 19.1. The summed E-state index contributed by atoms with van der Waals surface area (Å²) in [6.07, 6.45) is 0.259. The summed E-state index contributed by atoms with van der Waals surface area (Å²) in [6.45, 7) is 3.57. The largest absolute Gasteiger partial charge is 0.493 e. The van der Waals surface area contributed by atoms with Gasteiger partial charge in [0.05, 0.1) is 7.11 Å². The maximum atomic E-state index is 13.6. The molecule has 0 fully saturated rings. The van der Waals surface area contributed by atoms with E-state index in [0.29, 0.717) is 16.7 Å². The summed E-state index contributed by atoms with van der Waals surface area (Å²) in [6, 6.07) is 1.55. The molecule has 0 radical (unpaired) electrons. The smallest absolute Gasteiger partial charge is 0.168 e. The molecule has 2 N–H and O–H groups in total. The van der Waals surface area contributed by atoms with Crippen molar-refractivity contribution in [3.05, 3.63) is 28.6 Å². The first kappa shape index (κ1) is 12.6. The Balaban J connectivity index is 3.31. The highest BCUT2D eigenvalue weighted by Gasteiger charge is 2.17. The first-order chi connectivity index (χ1) is 7.52. The SMILES string of the molecule is COc1c(C)c(C(=O)CCN)cc(C)c1F. The van der Waals surface area contributed by atoms with Crippen LogP contribution in [0.25, 0.3) is 0 Å². The van der Waals surface area contributed by atoms with Gasteiger partial charge in [-0.25, -0.2) is 4.39 Å². The molecular weight excluding hydrogens is 209 g/mol. The summed E-state index contributed by atoms with van der Waals surface area (Å²) in [5.41, 5.74) is 6.75. The fourth-order valence-electron chi connectivity index (χ4n) is 1.65. The van der Waals surface area contributed by atoms with Crippen molar-refractivity contribution in [3.8, 4) is 5.75 Å². The number of carbonyl (C=O) groups is 1. The Bertz CT molecular complexity index is 416. The van der Waals surface area contributed by atoms with Gasteiger partial charge < -0.3 is 10.5 Å². The van der Waals surface area contributed by atoms with Gasteiger partial charge in [-0.1, -0.05) is 0 Å². The molecule has 88 valence electrons. The van der Waals surface area contributed by atoms with Gasteiger partial charge in [-0.15, -0.1) is 0 Å². The van der Waals surface area contributed by atoms with E-state index in [1.165, 1.54) is 7.11 Å². The lowest BCUT2D eigenvalue weighted by Gasteiger charge is -2.12. The molecule has 0 atom stereocenters. The van der Waals surface area contributed by atoms with Crippen LogP contribution in [-0.4, -0.2) is 19.4 Å². The molecule has 0 aromatic heterocycles. The lowest BCUT2D eigenvalue weighted by atomic mass is 9.98. The molecule has 1 rings (SSSR count). The van der Waals surface area contributed by atoms with Crippen LogP contribution in [0.1, 0.15) is 27.9 Å². The number of benzene rings is 1. The van der Waals surface area contributed by atoms with Crippen molar-refractivity contribution in [2.45, 2.75) is 20.3 Å². The van der Waals surface area contributed by atoms with Crippen molar-refractivity contribution < 1.29 is 13.9 Å². The van der Waals surface area contributed by atoms with Gasteiger partial charge in [-0.05, 0) is 32.0 Å². The number of rotatable bonds is 4. The zero-order chi connectivity index (χ0) is 12.3. The Kier molecular flexibility index (Phi) is 4.01. The Morgan fingerprint density at radius 1 is 1.50 bits per heavy atom. The topological polar surface area (TPSA) is 52.3 Å². The summed E-state index contributed by atoms with van der Waals surface area (Å²) >= 11 is 0. The Labute approximate surface area is 94.4 Å². The minimum Gasteiger partial charge on any atom is -0.493 e. The second-order valence-electron chi connectivity index (χ2n) is 3.68. The second kappa shape index (κ2) is 5.07. The molecule has 3 nitrogen and oxygen atoms in total. The molecule has 0 amide bonds. The quantitative estimate of drug-likeness (QED) is 0.797. The van der Waals surface area contributed by atoms with E-state index in [1.54, 1.807) is 19.9 Å². The highest BCUT2D eigenvalue weighted by molar-refractivity contribution is 5.98. The van der Waals surface area contributed by atoms with Gasteiger partial charge in [0.2, 0.25) is 0 Å². The summed E-state index contributed by atoms with van der Waals surface area (Å²) in [5.74, 6) is -0.355. The number of hydrogen-bond donors (Lipinski definition) is 1. The monoisotopic (exact) mass is 225 g/mol. The molecular formula is C12H16FNO2. The van der Waals surface area contributed by atoms with Gasteiger partial charge in [0, 0.05) is 17.5 Å². The summed E-state index contributed by atoms with van der Waals surface area (Å²) < 4.78 is 18.6. The number of carbonyl (C=O) groups excluding carboxylic acids is 1. The van der Waals surface area contributed by atoms with E-state index in [4.69, 9.17) is 10.5 Å². The van der Waals surface area contributed by atoms with Gasteiger partial charge in [0.15, 0.2) is 17.3 Å². The number of hydrogen-bond acceptors (Lipinski definition) is 3. The van der Waals surface area contributed by atoms with E-state index in [1.807, 2.05) is 0 Å². The van der Waals surface area contributed by atoms with Gasteiger partial charge in [0.1, 0.15) is 0 Å². The standard InChI is InChI=1S/C12H16FNO2/c1-7-6-9(10(15)4-5-14)8(2)12(16-3)11(7)13/h6H,4-5,14H2,1-3H3. The van der Waals surface area contributed by atoms with Crippen molar-refractivity contribution in [1.82, 2.24) is 0 Å². The number of Topliss-reactive ketones (excluding diaryl/α,β-unsaturated/α-hetero) is 1. The van der Waals surface area contributed by atoms with Crippen LogP contribution in [0.2, 0.25) is 0 Å². The molecule has 4 heteroatoms. The number of aryl methyl sites for hydroxylation is 1. The highest BCUT2D eigenvalue weighted by Crippen LogP contribution is 2.28. The summed E-state index contributed by atoms with van der Waals surface area (Å²) in [4.78, 5) is 11.7. The van der Waals surface area contributed by atoms with Gasteiger partial charge >= 0.3 is 0 Å². The minimum absolute atomic E-state index is 0.0820. The van der Waals surface area contributed by atoms with Crippen LogP contribution in [0.15, 0.2) is 6.07 Å². The first-order valence-electron chi connectivity index (χ1n) is 5.09. The zero-order valence-corrected chi connectivity index (χ0v) is 9.76. The van der Waals surface area contributed by atoms with Crippen LogP contribution in [0.4, 0.5) is 4.39 Å². The molecule has 0 saturated heterocycles. The Hall–Kier alpha value is -1.42.